The van der Waals surface area contributed by atoms with Gasteiger partial charge in [0.2, 0.25) is 0 Å². The molecule has 0 spiro atoms. The minimum absolute atomic E-state index is 0.337. The Hall–Kier alpha value is -0.100. The van der Waals surface area contributed by atoms with Crippen LogP contribution in [0, 0.1) is 0 Å². The molecular weight excluding hydrogens is 374 g/mol. The Bertz CT molecular complexity index is 376. The molecule has 0 aromatic heterocycles. The van der Waals surface area contributed by atoms with E-state index in [2.05, 4.69) is 56.2 Å². The summed E-state index contributed by atoms with van der Waals surface area (Å²) in [4.78, 5) is 0. The maximum atomic E-state index is 5.57. The predicted octanol–water partition coefficient (Wildman–Crippen LogP) is 4.12. The lowest BCUT2D eigenvalue weighted by Crippen LogP contribution is -2.30. The molecule has 0 saturated carbocycles. The van der Waals surface area contributed by atoms with E-state index in [0.29, 0.717) is 12.6 Å². The van der Waals surface area contributed by atoms with Crippen LogP contribution in [0.2, 0.25) is 0 Å². The van der Waals surface area contributed by atoms with Crippen LogP contribution in [0.5, 0.6) is 5.75 Å². The van der Waals surface area contributed by atoms with Gasteiger partial charge in [-0.1, -0.05) is 0 Å². The molecule has 5 heteroatoms. The van der Waals surface area contributed by atoms with Crippen LogP contribution < -0.4 is 10.1 Å². The first-order chi connectivity index (χ1) is 9.08. The molecular formula is C14H21Br2NO2. The maximum Gasteiger partial charge on any atom is 0.147 e. The summed E-state index contributed by atoms with van der Waals surface area (Å²) < 4.78 is 12.9. The van der Waals surface area contributed by atoms with E-state index in [1.54, 1.807) is 0 Å². The number of ether oxygens (including phenoxy) is 2. The first kappa shape index (κ1) is 17.0. The van der Waals surface area contributed by atoms with Gasteiger partial charge in [0.15, 0.2) is 0 Å². The van der Waals surface area contributed by atoms with Gasteiger partial charge < -0.3 is 14.8 Å². The van der Waals surface area contributed by atoms with Crippen LogP contribution in [0.15, 0.2) is 21.1 Å². The van der Waals surface area contributed by atoms with Crippen molar-refractivity contribution < 1.29 is 9.47 Å². The van der Waals surface area contributed by atoms with Crippen molar-refractivity contribution in [3.05, 3.63) is 26.6 Å². The van der Waals surface area contributed by atoms with E-state index in [0.717, 1.165) is 34.5 Å². The Labute approximate surface area is 132 Å². The molecule has 0 saturated heterocycles. The zero-order chi connectivity index (χ0) is 14.3. The highest BCUT2D eigenvalue weighted by atomic mass is 79.9. The monoisotopic (exact) mass is 393 g/mol. The average molecular weight is 395 g/mol. The van der Waals surface area contributed by atoms with Crippen LogP contribution in [-0.4, -0.2) is 25.9 Å². The molecule has 1 unspecified atom stereocenters. The van der Waals surface area contributed by atoms with E-state index in [-0.39, 0.29) is 0 Å². The Morgan fingerprint density at radius 2 is 1.79 bits per heavy atom. The standard InChI is InChI=1S/C14H21Br2NO2/c1-4-18-9-10(3)17-8-11-6-12(15)14(19-5-2)13(16)7-11/h6-7,10,17H,4-5,8-9H2,1-3H3. The molecule has 0 aliphatic rings. The summed E-state index contributed by atoms with van der Waals surface area (Å²) in [5, 5.41) is 3.43. The molecule has 3 nitrogen and oxygen atoms in total. The second kappa shape index (κ2) is 8.95. The average Bonchev–Trinajstić information content (AvgIpc) is 2.38. The van der Waals surface area contributed by atoms with E-state index in [1.165, 1.54) is 5.56 Å². The van der Waals surface area contributed by atoms with Gasteiger partial charge in [0.1, 0.15) is 5.75 Å². The summed E-state index contributed by atoms with van der Waals surface area (Å²) in [6, 6.07) is 4.50. The van der Waals surface area contributed by atoms with E-state index in [1.807, 2.05) is 13.8 Å². The summed E-state index contributed by atoms with van der Waals surface area (Å²) in [6.07, 6.45) is 0. The molecule has 0 fully saturated rings. The van der Waals surface area contributed by atoms with Crippen molar-refractivity contribution in [2.75, 3.05) is 19.8 Å². The van der Waals surface area contributed by atoms with Gasteiger partial charge in [0, 0.05) is 19.2 Å². The molecule has 0 amide bonds. The Morgan fingerprint density at radius 1 is 1.16 bits per heavy atom. The minimum Gasteiger partial charge on any atom is -0.492 e. The number of hydrogen-bond donors (Lipinski definition) is 1. The molecule has 0 radical (unpaired) electrons. The molecule has 0 aliphatic carbocycles. The SMILES string of the molecule is CCOCC(C)NCc1cc(Br)c(OCC)c(Br)c1. The zero-order valence-corrected chi connectivity index (χ0v) is 14.8. The van der Waals surface area contributed by atoms with Crippen LogP contribution in [0.3, 0.4) is 0 Å². The number of benzene rings is 1. The fraction of sp³-hybridized carbons (Fsp3) is 0.571. The summed E-state index contributed by atoms with van der Waals surface area (Å²) in [5.41, 5.74) is 1.20. The van der Waals surface area contributed by atoms with Crippen LogP contribution >= 0.6 is 31.9 Å². The highest BCUT2D eigenvalue weighted by Crippen LogP contribution is 2.34. The first-order valence-corrected chi connectivity index (χ1v) is 8.08. The molecule has 1 atom stereocenters. The van der Waals surface area contributed by atoms with Gasteiger partial charge in [-0.15, -0.1) is 0 Å². The van der Waals surface area contributed by atoms with E-state index in [9.17, 15) is 0 Å². The lowest BCUT2D eigenvalue weighted by Gasteiger charge is -2.15. The smallest absolute Gasteiger partial charge is 0.147 e. The molecule has 1 N–H and O–H groups in total. The summed E-state index contributed by atoms with van der Waals surface area (Å²) in [5.74, 6) is 0.855. The first-order valence-electron chi connectivity index (χ1n) is 6.50. The predicted molar refractivity (Wildman–Crippen MR) is 85.8 cm³/mol. The third kappa shape index (κ3) is 5.81. The zero-order valence-electron chi connectivity index (χ0n) is 11.6. The van der Waals surface area contributed by atoms with Crippen molar-refractivity contribution in [3.8, 4) is 5.75 Å². The van der Waals surface area contributed by atoms with Gasteiger partial charge in [-0.2, -0.15) is 0 Å². The van der Waals surface area contributed by atoms with Crippen molar-refractivity contribution in [2.24, 2.45) is 0 Å². The number of halogens is 2. The lowest BCUT2D eigenvalue weighted by atomic mass is 10.2. The van der Waals surface area contributed by atoms with Gasteiger partial charge in [-0.3, -0.25) is 0 Å². The Balaban J connectivity index is 2.60. The van der Waals surface area contributed by atoms with Crippen molar-refractivity contribution in [1.29, 1.82) is 0 Å². The van der Waals surface area contributed by atoms with Gasteiger partial charge in [-0.05, 0) is 70.3 Å². The van der Waals surface area contributed by atoms with Gasteiger partial charge >= 0.3 is 0 Å². The highest BCUT2D eigenvalue weighted by molar-refractivity contribution is 9.11. The Kier molecular flexibility index (Phi) is 7.99. The number of nitrogens with one attached hydrogen (secondary N) is 1. The quantitative estimate of drug-likeness (QED) is 0.719. The van der Waals surface area contributed by atoms with Crippen LogP contribution in [0.4, 0.5) is 0 Å². The number of rotatable bonds is 8. The third-order valence-electron chi connectivity index (χ3n) is 2.57. The summed E-state index contributed by atoms with van der Waals surface area (Å²) in [6.45, 7) is 9.05. The van der Waals surface area contributed by atoms with Crippen LogP contribution in [-0.2, 0) is 11.3 Å². The molecule has 1 aromatic rings. The summed E-state index contributed by atoms with van der Waals surface area (Å²) >= 11 is 7.08. The van der Waals surface area contributed by atoms with E-state index in [4.69, 9.17) is 9.47 Å². The van der Waals surface area contributed by atoms with Crippen molar-refractivity contribution in [3.63, 3.8) is 0 Å². The fourth-order valence-electron chi connectivity index (χ4n) is 1.64. The molecule has 19 heavy (non-hydrogen) atoms. The fourth-order valence-corrected chi connectivity index (χ4v) is 3.15. The molecule has 1 aromatic carbocycles. The molecule has 1 rings (SSSR count). The van der Waals surface area contributed by atoms with E-state index >= 15 is 0 Å². The topological polar surface area (TPSA) is 30.5 Å². The molecule has 0 heterocycles. The van der Waals surface area contributed by atoms with Crippen LogP contribution in [0.1, 0.15) is 26.3 Å². The van der Waals surface area contributed by atoms with Crippen molar-refractivity contribution in [2.45, 2.75) is 33.4 Å². The summed E-state index contributed by atoms with van der Waals surface area (Å²) in [7, 11) is 0. The highest BCUT2D eigenvalue weighted by Gasteiger charge is 2.09. The molecule has 108 valence electrons. The van der Waals surface area contributed by atoms with Crippen molar-refractivity contribution in [1.82, 2.24) is 5.32 Å². The Morgan fingerprint density at radius 3 is 2.32 bits per heavy atom. The number of hydrogen-bond acceptors (Lipinski definition) is 3. The second-order valence-electron chi connectivity index (χ2n) is 4.26. The lowest BCUT2D eigenvalue weighted by molar-refractivity contribution is 0.127. The second-order valence-corrected chi connectivity index (χ2v) is 5.97. The molecule has 0 aliphatic heterocycles. The van der Waals surface area contributed by atoms with Crippen LogP contribution in [0.25, 0.3) is 0 Å². The van der Waals surface area contributed by atoms with Crippen molar-refractivity contribution >= 4 is 31.9 Å². The minimum atomic E-state index is 0.337. The largest absolute Gasteiger partial charge is 0.492 e. The normalized spacial score (nSPS) is 12.5. The third-order valence-corrected chi connectivity index (χ3v) is 3.75. The van der Waals surface area contributed by atoms with E-state index < -0.39 is 0 Å². The van der Waals surface area contributed by atoms with Gasteiger partial charge in [0.05, 0.1) is 22.2 Å². The maximum absolute atomic E-state index is 5.57. The molecule has 0 bridgehead atoms. The van der Waals surface area contributed by atoms with Gasteiger partial charge in [-0.25, -0.2) is 0 Å². The van der Waals surface area contributed by atoms with Gasteiger partial charge in [0.25, 0.3) is 0 Å².